The third kappa shape index (κ3) is 2.84. The molecule has 1 saturated heterocycles. The average Bonchev–Trinajstić information content (AvgIpc) is 2.39. The Bertz CT molecular complexity index is 520. The molecule has 3 nitrogen and oxygen atoms in total. The summed E-state index contributed by atoms with van der Waals surface area (Å²) in [4.78, 5) is 4.59. The van der Waals surface area contributed by atoms with E-state index in [2.05, 4.69) is 47.3 Å². The van der Waals surface area contributed by atoms with Crippen LogP contribution in [-0.4, -0.2) is 37.7 Å². The molecule has 0 amide bonds. The Balaban J connectivity index is 1.79. The molecule has 2 aliphatic heterocycles. The second-order valence-corrected chi connectivity index (χ2v) is 5.66. The van der Waals surface area contributed by atoms with E-state index in [1.54, 1.807) is 0 Å². The van der Waals surface area contributed by atoms with E-state index in [0.29, 0.717) is 6.04 Å². The molecule has 0 atom stereocenters. The zero-order chi connectivity index (χ0) is 13.9. The molecule has 0 saturated carbocycles. The highest BCUT2D eigenvalue weighted by Gasteiger charge is 2.27. The van der Waals surface area contributed by atoms with Crippen molar-refractivity contribution in [2.75, 3.05) is 31.7 Å². The molecule has 0 aliphatic carbocycles. The molecule has 0 radical (unpaired) electrons. The van der Waals surface area contributed by atoms with E-state index in [1.807, 2.05) is 12.1 Å². The fourth-order valence-corrected chi connectivity index (χ4v) is 2.61. The lowest BCUT2D eigenvalue weighted by Crippen LogP contribution is -2.50. The first-order valence-electron chi connectivity index (χ1n) is 6.92. The van der Waals surface area contributed by atoms with Gasteiger partial charge in [-0.15, -0.1) is 0 Å². The number of halogens is 1. The lowest BCUT2D eigenvalue weighted by molar-refractivity contribution is 0.00847. The number of hydrogen-bond acceptors (Lipinski definition) is 3. The maximum atomic E-state index is 5.99. The fourth-order valence-electron chi connectivity index (χ4n) is 2.48. The Morgan fingerprint density at radius 3 is 2.65 bits per heavy atom. The van der Waals surface area contributed by atoms with Crippen molar-refractivity contribution in [1.29, 1.82) is 0 Å². The van der Waals surface area contributed by atoms with E-state index in [0.717, 1.165) is 31.2 Å². The first kappa shape index (κ1) is 13.5. The summed E-state index contributed by atoms with van der Waals surface area (Å²) >= 11 is 5.99. The molecule has 2 heterocycles. The molecule has 20 heavy (non-hydrogen) atoms. The predicted molar refractivity (Wildman–Crippen MR) is 83.0 cm³/mol. The maximum Gasteiger partial charge on any atom is 0.0761 e. The molecule has 1 aromatic carbocycles. The van der Waals surface area contributed by atoms with E-state index in [9.17, 15) is 0 Å². The van der Waals surface area contributed by atoms with Crippen LogP contribution in [0, 0.1) is 0 Å². The topological polar surface area (TPSA) is 15.7 Å². The molecule has 1 aromatic rings. The maximum absolute atomic E-state index is 5.99. The number of likely N-dealkylation sites (N-methyl/N-ethyl adjacent to an activating group) is 1. The number of hydrogen-bond donors (Lipinski definition) is 0. The van der Waals surface area contributed by atoms with Gasteiger partial charge in [-0.2, -0.15) is 0 Å². The Labute approximate surface area is 125 Å². The molecular weight excluding hydrogens is 272 g/mol. The van der Waals surface area contributed by atoms with E-state index < -0.39 is 0 Å². The lowest BCUT2D eigenvalue weighted by atomic mass is 10.1. The van der Waals surface area contributed by atoms with Crippen LogP contribution in [0.1, 0.15) is 6.42 Å². The number of ether oxygens (including phenoxy) is 1. The first-order chi connectivity index (χ1) is 9.74. The molecule has 3 rings (SSSR count). The van der Waals surface area contributed by atoms with Gasteiger partial charge in [-0.3, -0.25) is 0 Å². The van der Waals surface area contributed by atoms with Crippen LogP contribution in [0.3, 0.4) is 0 Å². The highest BCUT2D eigenvalue weighted by atomic mass is 35.5. The molecule has 106 valence electrons. The largest absolute Gasteiger partial charge is 0.377 e. The molecule has 0 spiro atoms. The SMILES string of the molecule is CN1C=CCC=C1CN(c1ccc(Cl)cc1)C1COC1. The van der Waals surface area contributed by atoms with Gasteiger partial charge in [-0.05, 0) is 36.9 Å². The van der Waals surface area contributed by atoms with E-state index in [4.69, 9.17) is 16.3 Å². The Hall–Kier alpha value is -1.45. The highest BCUT2D eigenvalue weighted by Crippen LogP contribution is 2.25. The standard InChI is InChI=1S/C16H19ClN2O/c1-18-9-3-2-4-15(18)10-19(16-11-20-12-16)14-7-5-13(17)6-8-14/h3-9,16H,2,10-12H2,1H3. The average molecular weight is 291 g/mol. The van der Waals surface area contributed by atoms with Gasteiger partial charge in [0.05, 0.1) is 25.8 Å². The van der Waals surface area contributed by atoms with Gasteiger partial charge in [0.1, 0.15) is 0 Å². The summed E-state index contributed by atoms with van der Waals surface area (Å²) in [6, 6.07) is 8.51. The minimum atomic E-state index is 0.455. The first-order valence-corrected chi connectivity index (χ1v) is 7.30. The van der Waals surface area contributed by atoms with Crippen molar-refractivity contribution >= 4 is 17.3 Å². The third-order valence-electron chi connectivity index (χ3n) is 3.82. The van der Waals surface area contributed by atoms with E-state index in [1.165, 1.54) is 11.4 Å². The van der Waals surface area contributed by atoms with Gasteiger partial charge in [0, 0.05) is 23.5 Å². The summed E-state index contributed by atoms with van der Waals surface area (Å²) in [6.45, 7) is 2.50. The molecule has 0 aromatic heterocycles. The molecule has 1 fully saturated rings. The number of rotatable bonds is 4. The van der Waals surface area contributed by atoms with Crippen LogP contribution in [0.2, 0.25) is 5.02 Å². The van der Waals surface area contributed by atoms with E-state index in [-0.39, 0.29) is 0 Å². The number of allylic oxidation sites excluding steroid dienone is 2. The monoisotopic (exact) mass is 290 g/mol. The predicted octanol–water partition coefficient (Wildman–Crippen LogP) is 3.28. The van der Waals surface area contributed by atoms with Crippen molar-refractivity contribution in [3.05, 3.63) is 53.3 Å². The van der Waals surface area contributed by atoms with Crippen molar-refractivity contribution in [3.8, 4) is 0 Å². The minimum absolute atomic E-state index is 0.455. The summed E-state index contributed by atoms with van der Waals surface area (Å²) in [5.74, 6) is 0. The van der Waals surface area contributed by atoms with Crippen LogP contribution >= 0.6 is 11.6 Å². The summed E-state index contributed by atoms with van der Waals surface area (Å²) in [7, 11) is 2.10. The van der Waals surface area contributed by atoms with Gasteiger partial charge >= 0.3 is 0 Å². The molecule has 0 bridgehead atoms. The summed E-state index contributed by atoms with van der Waals surface area (Å²) < 4.78 is 5.36. The second kappa shape index (κ2) is 5.90. The summed E-state index contributed by atoms with van der Waals surface area (Å²) in [6.07, 6.45) is 7.59. The van der Waals surface area contributed by atoms with Crippen LogP contribution in [0.15, 0.2) is 48.3 Å². The van der Waals surface area contributed by atoms with Gasteiger partial charge in [0.15, 0.2) is 0 Å². The van der Waals surface area contributed by atoms with Crippen molar-refractivity contribution in [3.63, 3.8) is 0 Å². The zero-order valence-corrected chi connectivity index (χ0v) is 12.4. The van der Waals surface area contributed by atoms with Gasteiger partial charge in [0.25, 0.3) is 0 Å². The van der Waals surface area contributed by atoms with E-state index >= 15 is 0 Å². The highest BCUT2D eigenvalue weighted by molar-refractivity contribution is 6.30. The molecule has 0 unspecified atom stereocenters. The molecule has 4 heteroatoms. The van der Waals surface area contributed by atoms with Crippen molar-refractivity contribution in [1.82, 2.24) is 4.90 Å². The number of anilines is 1. The third-order valence-corrected chi connectivity index (χ3v) is 4.08. The molecule has 0 N–H and O–H groups in total. The molecule has 2 aliphatic rings. The van der Waals surface area contributed by atoms with Gasteiger partial charge in [-0.1, -0.05) is 23.8 Å². The van der Waals surface area contributed by atoms with Crippen molar-refractivity contribution in [2.24, 2.45) is 0 Å². The Morgan fingerprint density at radius 1 is 1.30 bits per heavy atom. The fraction of sp³-hybridized carbons (Fsp3) is 0.375. The number of nitrogens with zero attached hydrogens (tertiary/aromatic N) is 2. The smallest absolute Gasteiger partial charge is 0.0761 e. The summed E-state index contributed by atoms with van der Waals surface area (Å²) in [5.41, 5.74) is 2.53. The van der Waals surface area contributed by atoms with Crippen LogP contribution in [0.4, 0.5) is 5.69 Å². The minimum Gasteiger partial charge on any atom is -0.377 e. The Kier molecular flexibility index (Phi) is 3.99. The van der Waals surface area contributed by atoms with Gasteiger partial charge in [0.2, 0.25) is 0 Å². The van der Waals surface area contributed by atoms with Crippen LogP contribution < -0.4 is 4.90 Å². The Morgan fingerprint density at radius 2 is 2.05 bits per heavy atom. The van der Waals surface area contributed by atoms with Crippen LogP contribution in [0.5, 0.6) is 0 Å². The van der Waals surface area contributed by atoms with Crippen molar-refractivity contribution < 1.29 is 4.74 Å². The lowest BCUT2D eigenvalue weighted by Gasteiger charge is -2.40. The van der Waals surface area contributed by atoms with Crippen LogP contribution in [-0.2, 0) is 4.74 Å². The zero-order valence-electron chi connectivity index (χ0n) is 11.6. The van der Waals surface area contributed by atoms with Crippen molar-refractivity contribution in [2.45, 2.75) is 12.5 Å². The van der Waals surface area contributed by atoms with Crippen LogP contribution in [0.25, 0.3) is 0 Å². The normalized spacial score (nSPS) is 18.7. The van der Waals surface area contributed by atoms with Gasteiger partial charge < -0.3 is 14.5 Å². The second-order valence-electron chi connectivity index (χ2n) is 5.22. The molecular formula is C16H19ClN2O. The van der Waals surface area contributed by atoms with Gasteiger partial charge in [-0.25, -0.2) is 0 Å². The quantitative estimate of drug-likeness (QED) is 0.846. The summed E-state index contributed by atoms with van der Waals surface area (Å²) in [5, 5.41) is 0.774. The number of benzene rings is 1.